The van der Waals surface area contributed by atoms with Gasteiger partial charge in [-0.25, -0.2) is 4.98 Å². The summed E-state index contributed by atoms with van der Waals surface area (Å²) in [6, 6.07) is 0. The Morgan fingerprint density at radius 2 is 2.50 bits per heavy atom. The van der Waals surface area contributed by atoms with Gasteiger partial charge in [0.15, 0.2) is 5.16 Å². The average molecular weight is 284 g/mol. The second-order valence-corrected chi connectivity index (χ2v) is 5.91. The standard InChI is InChI=1S/C12H16N2O2S2/c1-3-7-18-12-13-9-4-8-17-10(9)11(15)14(12)5-6-16-2/h3H,1,4-8H2,2H3. The van der Waals surface area contributed by atoms with Gasteiger partial charge in [-0.1, -0.05) is 17.8 Å². The van der Waals surface area contributed by atoms with E-state index in [0.29, 0.717) is 13.2 Å². The predicted octanol–water partition coefficient (Wildman–Crippen LogP) is 1.82. The van der Waals surface area contributed by atoms with Crippen molar-refractivity contribution in [1.29, 1.82) is 0 Å². The normalized spacial score (nSPS) is 13.6. The molecule has 1 aliphatic heterocycles. The predicted molar refractivity (Wildman–Crippen MR) is 75.7 cm³/mol. The Kier molecular flexibility index (Phi) is 4.91. The van der Waals surface area contributed by atoms with Crippen molar-refractivity contribution in [2.24, 2.45) is 0 Å². The topological polar surface area (TPSA) is 44.1 Å². The molecule has 0 saturated carbocycles. The van der Waals surface area contributed by atoms with Crippen molar-refractivity contribution in [2.45, 2.75) is 23.0 Å². The number of methoxy groups -OCH3 is 1. The first-order valence-electron chi connectivity index (χ1n) is 5.77. The Hall–Kier alpha value is -0.720. The maximum absolute atomic E-state index is 12.4. The molecule has 0 N–H and O–H groups in total. The Bertz CT molecular complexity index is 500. The molecule has 0 fully saturated rings. The molecule has 0 unspecified atom stereocenters. The average Bonchev–Trinajstić information content (AvgIpc) is 2.84. The number of hydrogen-bond acceptors (Lipinski definition) is 5. The van der Waals surface area contributed by atoms with E-state index in [1.54, 1.807) is 35.2 Å². The van der Waals surface area contributed by atoms with Gasteiger partial charge >= 0.3 is 0 Å². The number of aryl methyl sites for hydroxylation is 1. The quantitative estimate of drug-likeness (QED) is 0.453. The monoisotopic (exact) mass is 284 g/mol. The van der Waals surface area contributed by atoms with Gasteiger partial charge in [0.2, 0.25) is 0 Å². The van der Waals surface area contributed by atoms with Gasteiger partial charge in [0.1, 0.15) is 0 Å². The highest BCUT2D eigenvalue weighted by molar-refractivity contribution is 7.99. The lowest BCUT2D eigenvalue weighted by atomic mass is 10.3. The molecule has 98 valence electrons. The summed E-state index contributed by atoms with van der Waals surface area (Å²) in [5, 5.41) is 0.776. The van der Waals surface area contributed by atoms with E-state index in [9.17, 15) is 4.79 Å². The summed E-state index contributed by atoms with van der Waals surface area (Å²) < 4.78 is 6.77. The van der Waals surface area contributed by atoms with Gasteiger partial charge in [-0.3, -0.25) is 9.36 Å². The summed E-state index contributed by atoms with van der Waals surface area (Å²) in [6.07, 6.45) is 2.71. The van der Waals surface area contributed by atoms with Crippen molar-refractivity contribution in [3.05, 3.63) is 28.7 Å². The Morgan fingerprint density at radius 3 is 3.22 bits per heavy atom. The first-order chi connectivity index (χ1) is 8.77. The van der Waals surface area contributed by atoms with E-state index in [1.807, 2.05) is 6.08 Å². The molecule has 18 heavy (non-hydrogen) atoms. The molecule has 0 atom stereocenters. The lowest BCUT2D eigenvalue weighted by molar-refractivity contribution is 0.182. The van der Waals surface area contributed by atoms with Gasteiger partial charge in [-0.2, -0.15) is 0 Å². The van der Waals surface area contributed by atoms with Crippen molar-refractivity contribution in [2.75, 3.05) is 25.2 Å². The summed E-state index contributed by atoms with van der Waals surface area (Å²) in [6.45, 7) is 4.77. The molecule has 1 aliphatic rings. The first kappa shape index (κ1) is 13.7. The third-order valence-corrected chi connectivity index (χ3v) is 4.68. The van der Waals surface area contributed by atoms with E-state index in [-0.39, 0.29) is 5.56 Å². The number of thioether (sulfide) groups is 2. The van der Waals surface area contributed by atoms with Crippen LogP contribution in [0, 0.1) is 0 Å². The Labute approximate surface area is 115 Å². The molecule has 0 amide bonds. The zero-order chi connectivity index (χ0) is 13.0. The van der Waals surface area contributed by atoms with Crippen LogP contribution in [0.15, 0.2) is 27.5 Å². The van der Waals surface area contributed by atoms with E-state index in [1.165, 1.54) is 0 Å². The third-order valence-electron chi connectivity index (χ3n) is 2.60. The molecule has 6 heteroatoms. The molecule has 2 heterocycles. The van der Waals surface area contributed by atoms with Crippen LogP contribution in [0.4, 0.5) is 0 Å². The van der Waals surface area contributed by atoms with Crippen LogP contribution in [0.25, 0.3) is 0 Å². The van der Waals surface area contributed by atoms with Crippen LogP contribution in [0.3, 0.4) is 0 Å². The fourth-order valence-corrected chi connectivity index (χ4v) is 3.57. The smallest absolute Gasteiger partial charge is 0.268 e. The zero-order valence-corrected chi connectivity index (χ0v) is 12.0. The molecular formula is C12H16N2O2S2. The maximum Gasteiger partial charge on any atom is 0.268 e. The lowest BCUT2D eigenvalue weighted by Gasteiger charge is -2.12. The number of fused-ring (bicyclic) bond motifs is 1. The highest BCUT2D eigenvalue weighted by Gasteiger charge is 2.21. The second kappa shape index (κ2) is 6.45. The number of nitrogens with zero attached hydrogens (tertiary/aromatic N) is 2. The fourth-order valence-electron chi connectivity index (χ4n) is 1.75. The molecule has 0 radical (unpaired) electrons. The summed E-state index contributed by atoms with van der Waals surface area (Å²) in [4.78, 5) is 17.8. The number of rotatable bonds is 6. The Morgan fingerprint density at radius 1 is 1.67 bits per heavy atom. The molecule has 0 spiro atoms. The minimum absolute atomic E-state index is 0.0751. The molecule has 2 rings (SSSR count). The van der Waals surface area contributed by atoms with E-state index in [2.05, 4.69) is 11.6 Å². The van der Waals surface area contributed by atoms with Crippen LogP contribution in [0.5, 0.6) is 0 Å². The fraction of sp³-hybridized carbons (Fsp3) is 0.500. The Balaban J connectivity index is 2.38. The molecule has 1 aromatic heterocycles. The maximum atomic E-state index is 12.4. The van der Waals surface area contributed by atoms with Crippen molar-refractivity contribution in [3.63, 3.8) is 0 Å². The molecule has 0 aliphatic carbocycles. The summed E-state index contributed by atoms with van der Waals surface area (Å²) in [5.41, 5.74) is 1.02. The largest absolute Gasteiger partial charge is 0.383 e. The molecule has 0 bridgehead atoms. The lowest BCUT2D eigenvalue weighted by Crippen LogP contribution is -2.27. The number of ether oxygens (including phenoxy) is 1. The van der Waals surface area contributed by atoms with Crippen LogP contribution in [-0.4, -0.2) is 34.8 Å². The third kappa shape index (κ3) is 2.81. The van der Waals surface area contributed by atoms with Crippen LogP contribution in [-0.2, 0) is 17.7 Å². The minimum atomic E-state index is 0.0751. The van der Waals surface area contributed by atoms with E-state index in [4.69, 9.17) is 4.74 Å². The van der Waals surface area contributed by atoms with Crippen molar-refractivity contribution < 1.29 is 4.74 Å². The van der Waals surface area contributed by atoms with Crippen LogP contribution in [0.1, 0.15) is 5.69 Å². The van der Waals surface area contributed by atoms with Gasteiger partial charge in [0, 0.05) is 25.0 Å². The van der Waals surface area contributed by atoms with Gasteiger partial charge in [0.25, 0.3) is 5.56 Å². The van der Waals surface area contributed by atoms with Crippen molar-refractivity contribution in [3.8, 4) is 0 Å². The number of aromatic nitrogens is 2. The van der Waals surface area contributed by atoms with Gasteiger partial charge in [0.05, 0.1) is 23.7 Å². The van der Waals surface area contributed by atoms with Crippen LogP contribution < -0.4 is 5.56 Å². The minimum Gasteiger partial charge on any atom is -0.383 e. The molecule has 1 aromatic rings. The van der Waals surface area contributed by atoms with Gasteiger partial charge < -0.3 is 4.74 Å². The second-order valence-electron chi connectivity index (χ2n) is 3.82. The molecule has 0 saturated heterocycles. The number of hydrogen-bond donors (Lipinski definition) is 0. The molecule has 0 aromatic carbocycles. The van der Waals surface area contributed by atoms with Gasteiger partial charge in [-0.05, 0) is 0 Å². The zero-order valence-electron chi connectivity index (χ0n) is 10.3. The highest BCUT2D eigenvalue weighted by atomic mass is 32.2. The van der Waals surface area contributed by atoms with E-state index < -0.39 is 0 Å². The van der Waals surface area contributed by atoms with Crippen LogP contribution in [0.2, 0.25) is 0 Å². The summed E-state index contributed by atoms with van der Waals surface area (Å²) in [5.74, 6) is 1.71. The van der Waals surface area contributed by atoms with E-state index >= 15 is 0 Å². The molecular weight excluding hydrogens is 268 g/mol. The highest BCUT2D eigenvalue weighted by Crippen LogP contribution is 2.28. The van der Waals surface area contributed by atoms with Crippen LogP contribution >= 0.6 is 23.5 Å². The van der Waals surface area contributed by atoms with Gasteiger partial charge in [-0.15, -0.1) is 18.3 Å². The van der Waals surface area contributed by atoms with Crippen molar-refractivity contribution >= 4 is 23.5 Å². The van der Waals surface area contributed by atoms with E-state index in [0.717, 1.165) is 33.7 Å². The SMILES string of the molecule is C=CCSc1nc2c(c(=O)n1CCOC)SCC2. The summed E-state index contributed by atoms with van der Waals surface area (Å²) in [7, 11) is 1.64. The first-order valence-corrected chi connectivity index (χ1v) is 7.74. The van der Waals surface area contributed by atoms with Crippen molar-refractivity contribution in [1.82, 2.24) is 9.55 Å². The summed E-state index contributed by atoms with van der Waals surface area (Å²) >= 11 is 3.16. The molecule has 4 nitrogen and oxygen atoms in total.